The highest BCUT2D eigenvalue weighted by atomic mass is 16.1. The van der Waals surface area contributed by atoms with Gasteiger partial charge in [-0.2, -0.15) is 0 Å². The van der Waals surface area contributed by atoms with Crippen LogP contribution in [0.1, 0.15) is 23.2 Å². The summed E-state index contributed by atoms with van der Waals surface area (Å²) in [5, 5.41) is 4.07. The Kier molecular flexibility index (Phi) is 4.98. The molecule has 0 bridgehead atoms. The smallest absolute Gasteiger partial charge is 0.257 e. The van der Waals surface area contributed by atoms with Gasteiger partial charge in [0.1, 0.15) is 0 Å². The standard InChI is InChI=1S/C21H23N5O/c22-13-15-5-9-26(10-6-15)20-12-18-16(3-2-8-24-18)11-19(20)25-21(27)17-4-1-7-23-14-17/h1-4,7-8,11-12,14-15H,5-6,9-10,13,22H2,(H,25,27). The van der Waals surface area contributed by atoms with Crippen molar-refractivity contribution in [2.45, 2.75) is 12.8 Å². The fourth-order valence-electron chi connectivity index (χ4n) is 3.57. The molecule has 1 aliphatic heterocycles. The zero-order chi connectivity index (χ0) is 18.6. The number of hydrogen-bond acceptors (Lipinski definition) is 5. The maximum atomic E-state index is 12.7. The van der Waals surface area contributed by atoms with E-state index in [9.17, 15) is 4.79 Å². The highest BCUT2D eigenvalue weighted by molar-refractivity contribution is 6.07. The SMILES string of the molecule is NCC1CCN(c2cc3ncccc3cc2NC(=O)c2cccnc2)CC1. The highest BCUT2D eigenvalue weighted by Crippen LogP contribution is 2.33. The number of rotatable bonds is 4. The van der Waals surface area contributed by atoms with Crippen LogP contribution < -0.4 is 16.0 Å². The van der Waals surface area contributed by atoms with Crippen molar-refractivity contribution < 1.29 is 4.79 Å². The third-order valence-electron chi connectivity index (χ3n) is 5.18. The third kappa shape index (κ3) is 3.75. The summed E-state index contributed by atoms with van der Waals surface area (Å²) < 4.78 is 0. The van der Waals surface area contributed by atoms with Crippen molar-refractivity contribution in [2.24, 2.45) is 11.7 Å². The Morgan fingerprint density at radius 1 is 1.19 bits per heavy atom. The predicted octanol–water partition coefficient (Wildman–Crippen LogP) is 3.06. The molecule has 1 amide bonds. The van der Waals surface area contributed by atoms with E-state index in [1.54, 1.807) is 30.7 Å². The van der Waals surface area contributed by atoms with Gasteiger partial charge in [0, 0.05) is 37.1 Å². The van der Waals surface area contributed by atoms with Gasteiger partial charge in [-0.05, 0) is 55.6 Å². The van der Waals surface area contributed by atoms with Crippen LogP contribution in [0.15, 0.2) is 55.0 Å². The van der Waals surface area contributed by atoms with Crippen LogP contribution in [0.25, 0.3) is 10.9 Å². The lowest BCUT2D eigenvalue weighted by atomic mass is 9.96. The summed E-state index contributed by atoms with van der Waals surface area (Å²) in [6, 6.07) is 11.5. The van der Waals surface area contributed by atoms with Crippen LogP contribution >= 0.6 is 0 Å². The number of benzene rings is 1. The van der Waals surface area contributed by atoms with E-state index in [1.165, 1.54) is 0 Å². The molecule has 138 valence electrons. The number of amides is 1. The van der Waals surface area contributed by atoms with Gasteiger partial charge in [-0.15, -0.1) is 0 Å². The Labute approximate surface area is 158 Å². The highest BCUT2D eigenvalue weighted by Gasteiger charge is 2.22. The lowest BCUT2D eigenvalue weighted by Crippen LogP contribution is -2.36. The Hall–Kier alpha value is -2.99. The van der Waals surface area contributed by atoms with Crippen LogP contribution in [0.4, 0.5) is 11.4 Å². The van der Waals surface area contributed by atoms with Crippen molar-refractivity contribution in [1.82, 2.24) is 9.97 Å². The van der Waals surface area contributed by atoms with Crippen molar-refractivity contribution >= 4 is 28.2 Å². The molecule has 0 spiro atoms. The van der Waals surface area contributed by atoms with Gasteiger partial charge in [-0.3, -0.25) is 14.8 Å². The van der Waals surface area contributed by atoms with Crippen molar-refractivity contribution in [2.75, 3.05) is 29.9 Å². The van der Waals surface area contributed by atoms with Gasteiger partial charge in [0.2, 0.25) is 0 Å². The molecule has 1 aliphatic rings. The van der Waals surface area contributed by atoms with E-state index in [1.807, 2.05) is 18.2 Å². The van der Waals surface area contributed by atoms with Gasteiger partial charge >= 0.3 is 0 Å². The second-order valence-corrected chi connectivity index (χ2v) is 6.93. The number of nitrogens with two attached hydrogens (primary N) is 1. The molecule has 0 saturated carbocycles. The molecule has 0 aliphatic carbocycles. The summed E-state index contributed by atoms with van der Waals surface area (Å²) in [6.07, 6.45) is 7.15. The van der Waals surface area contributed by atoms with Gasteiger partial charge in [0.15, 0.2) is 0 Å². The topological polar surface area (TPSA) is 84.1 Å². The predicted molar refractivity (Wildman–Crippen MR) is 108 cm³/mol. The molecular formula is C21H23N5O. The normalized spacial score (nSPS) is 15.1. The molecule has 1 aromatic carbocycles. The lowest BCUT2D eigenvalue weighted by Gasteiger charge is -2.34. The summed E-state index contributed by atoms with van der Waals surface area (Å²) >= 11 is 0. The Balaban J connectivity index is 1.68. The minimum Gasteiger partial charge on any atom is -0.370 e. The van der Waals surface area contributed by atoms with Gasteiger partial charge in [-0.25, -0.2) is 0 Å². The molecule has 6 nitrogen and oxygen atoms in total. The molecule has 3 N–H and O–H groups in total. The number of pyridine rings is 2. The molecule has 6 heteroatoms. The zero-order valence-corrected chi connectivity index (χ0v) is 15.1. The zero-order valence-electron chi connectivity index (χ0n) is 15.1. The number of aromatic nitrogens is 2. The van der Waals surface area contributed by atoms with Crippen LogP contribution in [0, 0.1) is 5.92 Å². The molecule has 0 atom stereocenters. The molecule has 0 unspecified atom stereocenters. The summed E-state index contributed by atoms with van der Waals surface area (Å²) in [4.78, 5) is 23.5. The number of fused-ring (bicyclic) bond motifs is 1. The van der Waals surface area contributed by atoms with E-state index in [4.69, 9.17) is 5.73 Å². The van der Waals surface area contributed by atoms with Crippen molar-refractivity contribution in [1.29, 1.82) is 0 Å². The number of carbonyl (C=O) groups is 1. The Morgan fingerprint density at radius 3 is 2.74 bits per heavy atom. The molecule has 0 radical (unpaired) electrons. The van der Waals surface area contributed by atoms with Crippen molar-refractivity contribution in [3.8, 4) is 0 Å². The first-order valence-electron chi connectivity index (χ1n) is 9.30. The van der Waals surface area contributed by atoms with E-state index >= 15 is 0 Å². The minimum absolute atomic E-state index is 0.163. The number of nitrogens with one attached hydrogen (secondary N) is 1. The molecule has 2 aromatic heterocycles. The van der Waals surface area contributed by atoms with Crippen molar-refractivity contribution in [3.63, 3.8) is 0 Å². The summed E-state index contributed by atoms with van der Waals surface area (Å²) in [5.74, 6) is 0.415. The lowest BCUT2D eigenvalue weighted by molar-refractivity contribution is 0.102. The van der Waals surface area contributed by atoms with E-state index < -0.39 is 0 Å². The molecular weight excluding hydrogens is 338 g/mol. The van der Waals surface area contributed by atoms with Crippen LogP contribution in [-0.2, 0) is 0 Å². The first kappa shape index (κ1) is 17.4. The van der Waals surface area contributed by atoms with Gasteiger partial charge < -0.3 is 16.0 Å². The monoisotopic (exact) mass is 361 g/mol. The average Bonchev–Trinajstić information content (AvgIpc) is 2.74. The second kappa shape index (κ2) is 7.72. The molecule has 27 heavy (non-hydrogen) atoms. The van der Waals surface area contributed by atoms with Crippen LogP contribution in [0.3, 0.4) is 0 Å². The summed E-state index contributed by atoms with van der Waals surface area (Å²) in [6.45, 7) is 2.59. The van der Waals surface area contributed by atoms with Crippen molar-refractivity contribution in [3.05, 3.63) is 60.6 Å². The largest absolute Gasteiger partial charge is 0.370 e. The third-order valence-corrected chi connectivity index (χ3v) is 5.18. The second-order valence-electron chi connectivity index (χ2n) is 6.93. The molecule has 3 aromatic rings. The molecule has 1 fully saturated rings. The summed E-state index contributed by atoms with van der Waals surface area (Å²) in [7, 11) is 0. The van der Waals surface area contributed by atoms with Crippen LogP contribution in [-0.4, -0.2) is 35.5 Å². The van der Waals surface area contributed by atoms with E-state index in [0.29, 0.717) is 11.5 Å². The minimum atomic E-state index is -0.163. The molecule has 1 saturated heterocycles. The number of nitrogens with zero attached hydrogens (tertiary/aromatic N) is 3. The van der Waals surface area contributed by atoms with Crippen LogP contribution in [0.2, 0.25) is 0 Å². The Bertz CT molecular complexity index is 936. The average molecular weight is 361 g/mol. The number of carbonyl (C=O) groups excluding carboxylic acids is 1. The first-order valence-corrected chi connectivity index (χ1v) is 9.30. The van der Waals surface area contributed by atoms with Crippen LogP contribution in [0.5, 0.6) is 0 Å². The fourth-order valence-corrected chi connectivity index (χ4v) is 3.57. The number of anilines is 2. The number of piperidine rings is 1. The molecule has 4 rings (SSSR count). The fraction of sp³-hybridized carbons (Fsp3) is 0.286. The Morgan fingerprint density at radius 2 is 2.00 bits per heavy atom. The van der Waals surface area contributed by atoms with Gasteiger partial charge in [0.05, 0.1) is 22.5 Å². The first-order chi connectivity index (χ1) is 13.2. The van der Waals surface area contributed by atoms with E-state index in [2.05, 4.69) is 26.3 Å². The maximum Gasteiger partial charge on any atom is 0.257 e. The van der Waals surface area contributed by atoms with Gasteiger partial charge in [-0.1, -0.05) is 6.07 Å². The summed E-state index contributed by atoms with van der Waals surface area (Å²) in [5.41, 5.74) is 9.10. The number of hydrogen-bond donors (Lipinski definition) is 2. The maximum absolute atomic E-state index is 12.7. The quantitative estimate of drug-likeness (QED) is 0.746. The van der Waals surface area contributed by atoms with E-state index in [0.717, 1.165) is 54.8 Å². The molecule has 3 heterocycles. The van der Waals surface area contributed by atoms with E-state index in [-0.39, 0.29) is 5.91 Å². The van der Waals surface area contributed by atoms with Gasteiger partial charge in [0.25, 0.3) is 5.91 Å².